The number of methoxy groups -OCH3 is 1. The summed E-state index contributed by atoms with van der Waals surface area (Å²) in [5, 5.41) is 7.46. The molecule has 134 valence electrons. The number of hydrogen-bond donors (Lipinski definition) is 1. The van der Waals surface area contributed by atoms with Gasteiger partial charge in [-0.25, -0.2) is 0 Å². The number of carbonyl (C=O) groups excluding carboxylic acids is 1. The van der Waals surface area contributed by atoms with Gasteiger partial charge in [-0.3, -0.25) is 4.79 Å². The van der Waals surface area contributed by atoms with Crippen LogP contribution in [0.2, 0.25) is 5.02 Å². The van der Waals surface area contributed by atoms with Gasteiger partial charge in [-0.05, 0) is 42.0 Å². The van der Waals surface area contributed by atoms with Crippen LogP contribution in [0.15, 0.2) is 53.1 Å². The quantitative estimate of drug-likeness (QED) is 0.689. The second-order valence-electron chi connectivity index (χ2n) is 5.64. The fourth-order valence-electron chi connectivity index (χ4n) is 2.37. The summed E-state index contributed by atoms with van der Waals surface area (Å²) in [5.41, 5.74) is 1.75. The van der Waals surface area contributed by atoms with Crippen LogP contribution in [0.1, 0.15) is 11.5 Å². The van der Waals surface area contributed by atoms with E-state index < -0.39 is 0 Å². The lowest BCUT2D eigenvalue weighted by molar-refractivity contribution is -0.120. The average Bonchev–Trinajstić information content (AvgIpc) is 3.12. The normalized spacial score (nSPS) is 10.5. The van der Waals surface area contributed by atoms with Crippen molar-refractivity contribution in [3.05, 3.63) is 65.0 Å². The van der Waals surface area contributed by atoms with E-state index in [0.29, 0.717) is 36.1 Å². The van der Waals surface area contributed by atoms with E-state index in [4.69, 9.17) is 20.9 Å². The van der Waals surface area contributed by atoms with Gasteiger partial charge in [0.1, 0.15) is 5.75 Å². The van der Waals surface area contributed by atoms with E-state index in [1.165, 1.54) is 0 Å². The van der Waals surface area contributed by atoms with Crippen LogP contribution in [0.4, 0.5) is 0 Å². The Labute approximate surface area is 156 Å². The number of hydrogen-bond acceptors (Lipinski definition) is 5. The van der Waals surface area contributed by atoms with Crippen LogP contribution < -0.4 is 10.1 Å². The Morgan fingerprint density at radius 1 is 1.15 bits per heavy atom. The van der Waals surface area contributed by atoms with Crippen LogP contribution in [0.3, 0.4) is 0 Å². The van der Waals surface area contributed by atoms with Gasteiger partial charge in [-0.2, -0.15) is 4.98 Å². The van der Waals surface area contributed by atoms with Gasteiger partial charge >= 0.3 is 0 Å². The Hall–Kier alpha value is -2.86. The van der Waals surface area contributed by atoms with Crippen molar-refractivity contribution < 1.29 is 14.1 Å². The molecule has 0 aliphatic heterocycles. The zero-order valence-electron chi connectivity index (χ0n) is 14.2. The zero-order valence-corrected chi connectivity index (χ0v) is 15.0. The number of nitrogens with one attached hydrogen (secondary N) is 1. The molecule has 26 heavy (non-hydrogen) atoms. The smallest absolute Gasteiger partial charge is 0.228 e. The number of aromatic nitrogens is 2. The average molecular weight is 372 g/mol. The summed E-state index contributed by atoms with van der Waals surface area (Å²) in [6.45, 7) is 0.427. The first-order chi connectivity index (χ1) is 12.6. The number of ether oxygens (including phenoxy) is 1. The van der Waals surface area contributed by atoms with Gasteiger partial charge < -0.3 is 14.6 Å². The van der Waals surface area contributed by atoms with E-state index in [2.05, 4.69) is 15.5 Å². The van der Waals surface area contributed by atoms with Crippen molar-refractivity contribution in [1.29, 1.82) is 0 Å². The lowest BCUT2D eigenvalue weighted by atomic mass is 10.1. The maximum absolute atomic E-state index is 12.0. The van der Waals surface area contributed by atoms with E-state index in [1.807, 2.05) is 36.4 Å². The second-order valence-corrected chi connectivity index (χ2v) is 6.08. The SMILES string of the molecule is COc1ccc(-c2noc(CCNC(=O)Cc3ccc(Cl)cc3)n2)cc1. The van der Waals surface area contributed by atoms with Crippen molar-refractivity contribution in [3.8, 4) is 17.1 Å². The zero-order chi connectivity index (χ0) is 18.4. The van der Waals surface area contributed by atoms with Crippen molar-refractivity contribution in [2.24, 2.45) is 0 Å². The first-order valence-electron chi connectivity index (χ1n) is 8.12. The largest absolute Gasteiger partial charge is 0.497 e. The van der Waals surface area contributed by atoms with Crippen LogP contribution in [0.5, 0.6) is 5.75 Å². The van der Waals surface area contributed by atoms with Gasteiger partial charge in [-0.1, -0.05) is 28.9 Å². The van der Waals surface area contributed by atoms with Crippen LogP contribution in [-0.4, -0.2) is 29.7 Å². The van der Waals surface area contributed by atoms with Crippen molar-refractivity contribution >= 4 is 17.5 Å². The summed E-state index contributed by atoms with van der Waals surface area (Å²) in [5.74, 6) is 1.68. The third-order valence-corrected chi connectivity index (χ3v) is 4.01. The summed E-state index contributed by atoms with van der Waals surface area (Å²) in [4.78, 5) is 16.3. The van der Waals surface area contributed by atoms with E-state index in [0.717, 1.165) is 16.9 Å². The first kappa shape index (κ1) is 17.9. The molecule has 1 aromatic heterocycles. The molecule has 0 spiro atoms. The lowest BCUT2D eigenvalue weighted by Gasteiger charge is -2.03. The molecule has 0 saturated carbocycles. The minimum atomic E-state index is -0.0674. The third-order valence-electron chi connectivity index (χ3n) is 3.76. The van der Waals surface area contributed by atoms with Gasteiger partial charge in [0, 0.05) is 23.6 Å². The summed E-state index contributed by atoms with van der Waals surface area (Å²) < 4.78 is 10.4. The minimum Gasteiger partial charge on any atom is -0.497 e. The Bertz CT molecular complexity index is 860. The molecule has 0 atom stereocenters. The molecule has 0 unspecified atom stereocenters. The molecule has 7 heteroatoms. The van der Waals surface area contributed by atoms with E-state index in [-0.39, 0.29) is 5.91 Å². The lowest BCUT2D eigenvalue weighted by Crippen LogP contribution is -2.27. The number of halogens is 1. The summed E-state index contributed by atoms with van der Waals surface area (Å²) in [7, 11) is 1.61. The number of benzene rings is 2. The summed E-state index contributed by atoms with van der Waals surface area (Å²) in [6.07, 6.45) is 0.771. The standard InChI is InChI=1S/C19H18ClN3O3/c1-25-16-8-4-14(5-9-16)19-22-18(26-23-19)10-11-21-17(24)12-13-2-6-15(20)7-3-13/h2-9H,10-12H2,1H3,(H,21,24). The van der Waals surface area contributed by atoms with Crippen LogP contribution in [-0.2, 0) is 17.6 Å². The fourth-order valence-corrected chi connectivity index (χ4v) is 2.50. The molecule has 3 aromatic rings. The molecule has 0 saturated heterocycles. The molecule has 3 rings (SSSR count). The third kappa shape index (κ3) is 4.83. The molecule has 0 aliphatic rings. The van der Waals surface area contributed by atoms with E-state index in [1.54, 1.807) is 19.2 Å². The molecule has 0 aliphatic carbocycles. The van der Waals surface area contributed by atoms with Gasteiger partial charge in [-0.15, -0.1) is 0 Å². The maximum atomic E-state index is 12.0. The molecule has 6 nitrogen and oxygen atoms in total. The number of rotatable bonds is 7. The van der Waals surface area contributed by atoms with Gasteiger partial charge in [0.25, 0.3) is 0 Å². The number of carbonyl (C=O) groups is 1. The number of nitrogens with zero attached hydrogens (tertiary/aromatic N) is 2. The highest BCUT2D eigenvalue weighted by molar-refractivity contribution is 6.30. The minimum absolute atomic E-state index is 0.0674. The van der Waals surface area contributed by atoms with Gasteiger partial charge in [0.05, 0.1) is 13.5 Å². The van der Waals surface area contributed by atoms with Crippen molar-refractivity contribution in [2.45, 2.75) is 12.8 Å². The predicted octanol–water partition coefficient (Wildman–Crippen LogP) is 3.30. The second kappa shape index (κ2) is 8.49. The monoisotopic (exact) mass is 371 g/mol. The summed E-state index contributed by atoms with van der Waals surface area (Å²) >= 11 is 5.83. The number of amides is 1. The Balaban J connectivity index is 1.48. The summed E-state index contributed by atoms with van der Waals surface area (Å²) in [6, 6.07) is 14.6. The Morgan fingerprint density at radius 2 is 1.88 bits per heavy atom. The topological polar surface area (TPSA) is 77.3 Å². The molecule has 0 radical (unpaired) electrons. The van der Waals surface area contributed by atoms with E-state index in [9.17, 15) is 4.79 Å². The highest BCUT2D eigenvalue weighted by Gasteiger charge is 2.09. The maximum Gasteiger partial charge on any atom is 0.228 e. The molecule has 0 bridgehead atoms. The van der Waals surface area contributed by atoms with E-state index >= 15 is 0 Å². The highest BCUT2D eigenvalue weighted by Crippen LogP contribution is 2.19. The Morgan fingerprint density at radius 3 is 2.58 bits per heavy atom. The van der Waals surface area contributed by atoms with Crippen molar-refractivity contribution in [1.82, 2.24) is 15.5 Å². The molecule has 1 amide bonds. The van der Waals surface area contributed by atoms with Crippen LogP contribution in [0, 0.1) is 0 Å². The molecular formula is C19H18ClN3O3. The molecule has 1 N–H and O–H groups in total. The molecule has 2 aromatic carbocycles. The molecule has 0 fully saturated rings. The first-order valence-corrected chi connectivity index (χ1v) is 8.50. The van der Waals surface area contributed by atoms with Gasteiger partial charge in [0.15, 0.2) is 0 Å². The molecular weight excluding hydrogens is 354 g/mol. The molecule has 1 heterocycles. The van der Waals surface area contributed by atoms with Crippen molar-refractivity contribution in [2.75, 3.05) is 13.7 Å². The van der Waals surface area contributed by atoms with Gasteiger partial charge in [0.2, 0.25) is 17.6 Å². The fraction of sp³-hybridized carbons (Fsp3) is 0.211. The predicted molar refractivity (Wildman–Crippen MR) is 98.2 cm³/mol. The van der Waals surface area contributed by atoms with Crippen molar-refractivity contribution in [3.63, 3.8) is 0 Å². The van der Waals surface area contributed by atoms with Crippen LogP contribution >= 0.6 is 11.6 Å². The highest BCUT2D eigenvalue weighted by atomic mass is 35.5. The Kier molecular flexibility index (Phi) is 5.86. The van der Waals surface area contributed by atoms with Crippen LogP contribution in [0.25, 0.3) is 11.4 Å².